The van der Waals surface area contributed by atoms with Crippen LogP contribution in [0, 0.1) is 0 Å². The molecule has 76 valence electrons. The van der Waals surface area contributed by atoms with Crippen LogP contribution in [-0.4, -0.2) is 17.4 Å². The fourth-order valence-electron chi connectivity index (χ4n) is 1.45. The molecule has 0 bridgehead atoms. The van der Waals surface area contributed by atoms with Crippen LogP contribution in [0.2, 0.25) is 0 Å². The van der Waals surface area contributed by atoms with Crippen LogP contribution >= 0.6 is 0 Å². The lowest BCUT2D eigenvalue weighted by molar-refractivity contribution is -0.158. The molecule has 0 spiro atoms. The minimum Gasteiger partial charge on any atom is -0.447 e. The average Bonchev–Trinajstić information content (AvgIpc) is 2.08. The lowest BCUT2D eigenvalue weighted by Gasteiger charge is -2.30. The summed E-state index contributed by atoms with van der Waals surface area (Å²) in [6, 6.07) is 0. The first kappa shape index (κ1) is 10.7. The molecule has 1 rings (SSSR count). The molecular formula is C11H14O3. The number of esters is 1. The molecule has 0 heterocycles. The summed E-state index contributed by atoms with van der Waals surface area (Å²) in [5.41, 5.74) is 0.257. The zero-order chi connectivity index (χ0) is 10.9. The van der Waals surface area contributed by atoms with E-state index in [1.807, 2.05) is 0 Å². The summed E-state index contributed by atoms with van der Waals surface area (Å²) in [6.07, 6.45) is 3.54. The molecule has 3 nitrogen and oxygen atoms in total. The molecule has 0 saturated heterocycles. The van der Waals surface area contributed by atoms with Crippen molar-refractivity contribution >= 4 is 11.8 Å². The van der Waals surface area contributed by atoms with Gasteiger partial charge in [0.15, 0.2) is 5.60 Å². The van der Waals surface area contributed by atoms with Gasteiger partial charge in [0.05, 0.1) is 0 Å². The molecule has 0 amide bonds. The maximum absolute atomic E-state index is 11.8. The number of carbonyl (C=O) groups is 2. The fraction of sp³-hybridized carbons (Fsp3) is 0.455. The van der Waals surface area contributed by atoms with Crippen LogP contribution in [0.3, 0.4) is 0 Å². The van der Waals surface area contributed by atoms with Gasteiger partial charge in [-0.15, -0.1) is 0 Å². The molecule has 1 unspecified atom stereocenters. The third-order valence-electron chi connectivity index (χ3n) is 2.48. The molecule has 1 aliphatic rings. The van der Waals surface area contributed by atoms with E-state index in [1.54, 1.807) is 32.9 Å². The number of ketones is 1. The summed E-state index contributed by atoms with van der Waals surface area (Å²) in [5, 5.41) is 0. The quantitative estimate of drug-likeness (QED) is 0.597. The zero-order valence-electron chi connectivity index (χ0n) is 8.88. The van der Waals surface area contributed by atoms with Gasteiger partial charge in [0.1, 0.15) is 0 Å². The van der Waals surface area contributed by atoms with E-state index in [4.69, 9.17) is 4.74 Å². The predicted octanol–water partition coefficient (Wildman–Crippen LogP) is 1.78. The maximum atomic E-state index is 11.8. The van der Waals surface area contributed by atoms with Gasteiger partial charge in [-0.25, -0.2) is 0 Å². The monoisotopic (exact) mass is 194 g/mol. The Labute approximate surface area is 83.4 Å². The molecule has 0 aromatic carbocycles. The van der Waals surface area contributed by atoms with Gasteiger partial charge in [-0.1, -0.05) is 12.2 Å². The van der Waals surface area contributed by atoms with E-state index < -0.39 is 11.6 Å². The first-order valence-corrected chi connectivity index (χ1v) is 4.48. The standard InChI is InChI=1S/C11H14O3/c1-7-5-6-8(2)11(4,10(7)13)14-9(3)12/h5-6H,1-4H3. The molecule has 1 atom stereocenters. The first-order chi connectivity index (χ1) is 6.38. The van der Waals surface area contributed by atoms with Crippen LogP contribution in [-0.2, 0) is 14.3 Å². The van der Waals surface area contributed by atoms with Crippen LogP contribution < -0.4 is 0 Å². The van der Waals surface area contributed by atoms with Crippen molar-refractivity contribution in [1.82, 2.24) is 0 Å². The minimum atomic E-state index is -1.11. The Balaban J connectivity index is 3.09. The number of carbonyl (C=O) groups excluding carboxylic acids is 2. The first-order valence-electron chi connectivity index (χ1n) is 4.48. The maximum Gasteiger partial charge on any atom is 0.303 e. The molecule has 3 heteroatoms. The number of hydrogen-bond acceptors (Lipinski definition) is 3. The van der Waals surface area contributed by atoms with E-state index >= 15 is 0 Å². The molecule has 0 fully saturated rings. The van der Waals surface area contributed by atoms with E-state index in [-0.39, 0.29) is 5.78 Å². The third kappa shape index (κ3) is 1.62. The van der Waals surface area contributed by atoms with Gasteiger partial charge in [0.2, 0.25) is 5.78 Å². The highest BCUT2D eigenvalue weighted by atomic mass is 16.6. The Morgan fingerprint density at radius 1 is 1.36 bits per heavy atom. The number of Topliss-reactive ketones (excluding diaryl/α,β-unsaturated/α-hetero) is 1. The SMILES string of the molecule is CC(=O)OC1(C)C(=O)C(C)=CC=C1C. The number of ether oxygens (including phenoxy) is 1. The Morgan fingerprint density at radius 3 is 2.43 bits per heavy atom. The van der Waals surface area contributed by atoms with Gasteiger partial charge in [0.25, 0.3) is 0 Å². The van der Waals surface area contributed by atoms with Crippen molar-refractivity contribution in [3.05, 3.63) is 23.3 Å². The summed E-state index contributed by atoms with van der Waals surface area (Å²) in [7, 11) is 0. The summed E-state index contributed by atoms with van der Waals surface area (Å²) < 4.78 is 5.08. The van der Waals surface area contributed by atoms with Gasteiger partial charge >= 0.3 is 5.97 Å². The van der Waals surface area contributed by atoms with Crippen molar-refractivity contribution in [1.29, 1.82) is 0 Å². The molecule has 0 saturated carbocycles. The summed E-state index contributed by atoms with van der Waals surface area (Å²) in [4.78, 5) is 22.7. The Bertz CT molecular complexity index is 346. The van der Waals surface area contributed by atoms with Crippen molar-refractivity contribution < 1.29 is 14.3 Å². The molecule has 0 aliphatic heterocycles. The Hall–Kier alpha value is -1.38. The molecule has 1 aliphatic carbocycles. The van der Waals surface area contributed by atoms with Crippen LogP contribution in [0.25, 0.3) is 0 Å². The molecule has 0 radical (unpaired) electrons. The van der Waals surface area contributed by atoms with Gasteiger partial charge in [-0.05, 0) is 31.9 Å². The van der Waals surface area contributed by atoms with Gasteiger partial charge in [-0.3, -0.25) is 9.59 Å². The summed E-state index contributed by atoms with van der Waals surface area (Å²) in [6.45, 7) is 6.43. The predicted molar refractivity (Wildman–Crippen MR) is 52.7 cm³/mol. The second-order valence-corrected chi connectivity index (χ2v) is 3.66. The van der Waals surface area contributed by atoms with Crippen LogP contribution in [0.4, 0.5) is 0 Å². The normalized spacial score (nSPS) is 26.7. The largest absolute Gasteiger partial charge is 0.447 e. The van der Waals surface area contributed by atoms with Crippen molar-refractivity contribution in [2.75, 3.05) is 0 Å². The van der Waals surface area contributed by atoms with Crippen molar-refractivity contribution in [3.8, 4) is 0 Å². The second-order valence-electron chi connectivity index (χ2n) is 3.66. The highest BCUT2D eigenvalue weighted by Crippen LogP contribution is 2.29. The van der Waals surface area contributed by atoms with Gasteiger partial charge in [-0.2, -0.15) is 0 Å². The number of allylic oxidation sites excluding steroid dienone is 2. The summed E-state index contributed by atoms with van der Waals surface area (Å²) >= 11 is 0. The van der Waals surface area contributed by atoms with Crippen LogP contribution in [0.1, 0.15) is 27.7 Å². The fourth-order valence-corrected chi connectivity index (χ4v) is 1.45. The van der Waals surface area contributed by atoms with Crippen molar-refractivity contribution in [2.45, 2.75) is 33.3 Å². The Morgan fingerprint density at radius 2 is 1.93 bits per heavy atom. The molecule has 0 aromatic heterocycles. The summed E-state index contributed by atoms with van der Waals surface area (Å²) in [5.74, 6) is -0.587. The van der Waals surface area contributed by atoms with Crippen LogP contribution in [0.5, 0.6) is 0 Å². The van der Waals surface area contributed by atoms with Crippen molar-refractivity contribution in [2.24, 2.45) is 0 Å². The number of hydrogen-bond donors (Lipinski definition) is 0. The highest BCUT2D eigenvalue weighted by molar-refractivity contribution is 6.05. The van der Waals surface area contributed by atoms with E-state index in [0.717, 1.165) is 5.57 Å². The smallest absolute Gasteiger partial charge is 0.303 e. The second kappa shape index (κ2) is 3.40. The zero-order valence-corrected chi connectivity index (χ0v) is 8.88. The highest BCUT2D eigenvalue weighted by Gasteiger charge is 2.40. The van der Waals surface area contributed by atoms with Crippen LogP contribution in [0.15, 0.2) is 23.3 Å². The third-order valence-corrected chi connectivity index (χ3v) is 2.48. The molecule has 0 N–H and O–H groups in total. The van der Waals surface area contributed by atoms with E-state index in [2.05, 4.69) is 0 Å². The van der Waals surface area contributed by atoms with E-state index in [0.29, 0.717) is 5.57 Å². The molecule has 0 aromatic rings. The molecule has 14 heavy (non-hydrogen) atoms. The Kier molecular flexibility index (Phi) is 2.60. The number of rotatable bonds is 1. The van der Waals surface area contributed by atoms with E-state index in [1.165, 1.54) is 6.92 Å². The average molecular weight is 194 g/mol. The topological polar surface area (TPSA) is 43.4 Å². The molecular weight excluding hydrogens is 180 g/mol. The van der Waals surface area contributed by atoms with Gasteiger partial charge in [0, 0.05) is 6.92 Å². The van der Waals surface area contributed by atoms with E-state index in [9.17, 15) is 9.59 Å². The minimum absolute atomic E-state index is 0.146. The lowest BCUT2D eigenvalue weighted by Crippen LogP contribution is -2.43. The lowest BCUT2D eigenvalue weighted by atomic mass is 9.84. The van der Waals surface area contributed by atoms with Gasteiger partial charge < -0.3 is 4.74 Å². The van der Waals surface area contributed by atoms with Crippen molar-refractivity contribution in [3.63, 3.8) is 0 Å².